The quantitative estimate of drug-likeness (QED) is 0.160. The van der Waals surface area contributed by atoms with Gasteiger partial charge in [0, 0.05) is 6.42 Å². The maximum absolute atomic E-state index is 13.0. The molecule has 7 nitrogen and oxygen atoms in total. The third-order valence-electron chi connectivity index (χ3n) is 4.47. The van der Waals surface area contributed by atoms with E-state index in [0.29, 0.717) is 30.4 Å². The number of hydrogen-bond acceptors (Lipinski definition) is 7. The van der Waals surface area contributed by atoms with Crippen molar-refractivity contribution in [3.05, 3.63) is 60.7 Å². The predicted octanol–water partition coefficient (Wildman–Crippen LogP) is 3.54. The van der Waals surface area contributed by atoms with E-state index < -0.39 is 23.3 Å². The highest BCUT2D eigenvalue weighted by Crippen LogP contribution is 2.34. The molecule has 0 aliphatic rings. The zero-order valence-electron chi connectivity index (χ0n) is 17.2. The first-order valence-corrected chi connectivity index (χ1v) is 9.55. The van der Waals surface area contributed by atoms with Gasteiger partial charge in [0.1, 0.15) is 13.2 Å². The normalized spacial score (nSPS) is 10.4. The van der Waals surface area contributed by atoms with Gasteiger partial charge in [-0.25, -0.2) is 4.79 Å². The van der Waals surface area contributed by atoms with Crippen molar-refractivity contribution in [2.24, 2.45) is 5.41 Å². The van der Waals surface area contributed by atoms with E-state index in [1.807, 2.05) is 0 Å². The van der Waals surface area contributed by atoms with Crippen molar-refractivity contribution < 1.29 is 28.6 Å². The van der Waals surface area contributed by atoms with Gasteiger partial charge < -0.3 is 14.2 Å². The largest absolute Gasteiger partial charge is 0.465 e. The Labute approximate surface area is 176 Å². The summed E-state index contributed by atoms with van der Waals surface area (Å²) in [5.41, 5.74) is -0.591. The van der Waals surface area contributed by atoms with E-state index in [4.69, 9.17) is 14.7 Å². The molecule has 0 aliphatic heterocycles. The van der Waals surface area contributed by atoms with E-state index in [2.05, 4.69) is 24.0 Å². The highest BCUT2D eigenvalue weighted by Gasteiger charge is 2.48. The van der Waals surface area contributed by atoms with Crippen LogP contribution in [-0.2, 0) is 30.2 Å². The second-order valence-corrected chi connectivity index (χ2v) is 6.59. The Hall–Kier alpha value is -3.40. The minimum absolute atomic E-state index is 0.0208. The Balaban J connectivity index is 3.27. The minimum atomic E-state index is -1.59. The van der Waals surface area contributed by atoms with Crippen LogP contribution in [0.1, 0.15) is 41.6 Å². The van der Waals surface area contributed by atoms with E-state index in [-0.39, 0.29) is 26.1 Å². The lowest BCUT2D eigenvalue weighted by molar-refractivity contribution is -0.172. The van der Waals surface area contributed by atoms with Gasteiger partial charge >= 0.3 is 17.9 Å². The predicted molar refractivity (Wildman–Crippen MR) is 110 cm³/mol. The van der Waals surface area contributed by atoms with E-state index in [9.17, 15) is 14.4 Å². The molecule has 7 heteroatoms. The molecule has 1 aromatic rings. The third kappa shape index (κ3) is 6.89. The lowest BCUT2D eigenvalue weighted by Crippen LogP contribution is -2.44. The molecule has 0 spiro atoms. The molecule has 1 rings (SSSR count). The van der Waals surface area contributed by atoms with Crippen LogP contribution in [0.5, 0.6) is 0 Å². The molecule has 0 saturated carbocycles. The van der Waals surface area contributed by atoms with Gasteiger partial charge in [-0.3, -0.25) is 9.59 Å². The van der Waals surface area contributed by atoms with Crippen molar-refractivity contribution in [2.75, 3.05) is 20.3 Å². The van der Waals surface area contributed by atoms with Crippen LogP contribution in [0.25, 0.3) is 0 Å². The number of methoxy groups -OCH3 is 1. The Morgan fingerprint density at radius 1 is 1.03 bits per heavy atom. The molecule has 30 heavy (non-hydrogen) atoms. The van der Waals surface area contributed by atoms with Gasteiger partial charge in [-0.2, -0.15) is 5.26 Å². The van der Waals surface area contributed by atoms with E-state index >= 15 is 0 Å². The molecule has 0 bridgehead atoms. The lowest BCUT2D eigenvalue weighted by Gasteiger charge is -2.29. The van der Waals surface area contributed by atoms with Gasteiger partial charge in [-0.15, -0.1) is 0 Å². The molecular formula is C23H27NO6. The maximum Gasteiger partial charge on any atom is 0.337 e. The molecule has 0 fully saturated rings. The SMILES string of the molecule is C=CCOC(=O)C(CCCCC#N)(Cc1ccc(C(=O)OC)cc1)C(=O)OCC=C. The zero-order chi connectivity index (χ0) is 22.4. The second-order valence-electron chi connectivity index (χ2n) is 6.59. The number of carbonyl (C=O) groups excluding carboxylic acids is 3. The maximum atomic E-state index is 13.0. The van der Waals surface area contributed by atoms with Gasteiger partial charge in [0.15, 0.2) is 5.41 Å². The topological polar surface area (TPSA) is 103 Å². The van der Waals surface area contributed by atoms with Crippen molar-refractivity contribution in [3.63, 3.8) is 0 Å². The van der Waals surface area contributed by atoms with Crippen molar-refractivity contribution in [3.8, 4) is 6.07 Å². The Bertz CT molecular complexity index is 767. The van der Waals surface area contributed by atoms with Crippen LogP contribution in [0.15, 0.2) is 49.6 Å². The van der Waals surface area contributed by atoms with Crippen molar-refractivity contribution >= 4 is 17.9 Å². The van der Waals surface area contributed by atoms with Gasteiger partial charge in [0.2, 0.25) is 0 Å². The molecule has 0 aromatic heterocycles. The highest BCUT2D eigenvalue weighted by atomic mass is 16.6. The first kappa shape index (κ1) is 24.6. The fraction of sp³-hybridized carbons (Fsp3) is 0.391. The van der Waals surface area contributed by atoms with Crippen LogP contribution in [-0.4, -0.2) is 38.2 Å². The molecule has 0 saturated heterocycles. The summed E-state index contributed by atoms with van der Waals surface area (Å²) in [6, 6.07) is 8.47. The number of nitrogens with zero attached hydrogens (tertiary/aromatic N) is 1. The third-order valence-corrected chi connectivity index (χ3v) is 4.47. The molecule has 0 N–H and O–H groups in total. The number of esters is 3. The number of unbranched alkanes of at least 4 members (excludes halogenated alkanes) is 2. The molecule has 1 aromatic carbocycles. The van der Waals surface area contributed by atoms with E-state index in [1.165, 1.54) is 19.3 Å². The van der Waals surface area contributed by atoms with Gasteiger partial charge in [0.25, 0.3) is 0 Å². The monoisotopic (exact) mass is 413 g/mol. The molecule has 160 valence electrons. The standard InChI is InChI=1S/C23H27NO6/c1-4-15-29-21(26)23(13-7-6-8-14-24,22(27)30-16-5-2)17-18-9-11-19(12-10-18)20(25)28-3/h4-5,9-12H,1-2,6-8,13,15-17H2,3H3. The van der Waals surface area contributed by atoms with Crippen LogP contribution >= 0.6 is 0 Å². The lowest BCUT2D eigenvalue weighted by atomic mass is 9.77. The first-order valence-electron chi connectivity index (χ1n) is 9.55. The van der Waals surface area contributed by atoms with Gasteiger partial charge in [-0.05, 0) is 37.0 Å². The number of nitriles is 1. The average Bonchev–Trinajstić information content (AvgIpc) is 2.77. The number of ether oxygens (including phenoxy) is 3. The summed E-state index contributed by atoms with van der Waals surface area (Å²) >= 11 is 0. The molecule has 0 amide bonds. The smallest absolute Gasteiger partial charge is 0.337 e. The van der Waals surface area contributed by atoms with Crippen LogP contribution < -0.4 is 0 Å². The molecule has 0 unspecified atom stereocenters. The Morgan fingerprint density at radius 3 is 2.07 bits per heavy atom. The first-order chi connectivity index (χ1) is 14.4. The molecular weight excluding hydrogens is 386 g/mol. The van der Waals surface area contributed by atoms with Gasteiger partial charge in [-0.1, -0.05) is 43.9 Å². The van der Waals surface area contributed by atoms with Gasteiger partial charge in [0.05, 0.1) is 18.7 Å². The Morgan fingerprint density at radius 2 is 1.60 bits per heavy atom. The van der Waals surface area contributed by atoms with Crippen molar-refractivity contribution in [1.82, 2.24) is 0 Å². The van der Waals surface area contributed by atoms with Crippen LogP contribution in [0.3, 0.4) is 0 Å². The van der Waals surface area contributed by atoms with Crippen molar-refractivity contribution in [2.45, 2.75) is 32.1 Å². The molecule has 0 radical (unpaired) electrons. The van der Waals surface area contributed by atoms with Crippen LogP contribution in [0.4, 0.5) is 0 Å². The number of carbonyl (C=O) groups is 3. The summed E-state index contributed by atoms with van der Waals surface area (Å²) in [5, 5.41) is 8.78. The summed E-state index contributed by atoms with van der Waals surface area (Å²) in [6.45, 7) is 6.96. The Kier molecular flexibility index (Phi) is 10.6. The van der Waals surface area contributed by atoms with Crippen molar-refractivity contribution in [1.29, 1.82) is 5.26 Å². The molecule has 0 aliphatic carbocycles. The highest BCUT2D eigenvalue weighted by molar-refractivity contribution is 6.00. The minimum Gasteiger partial charge on any atom is -0.465 e. The van der Waals surface area contributed by atoms with E-state index in [1.54, 1.807) is 24.3 Å². The zero-order valence-corrected chi connectivity index (χ0v) is 17.2. The number of rotatable bonds is 13. The summed E-state index contributed by atoms with van der Waals surface area (Å²) in [4.78, 5) is 37.6. The van der Waals surface area contributed by atoms with Crippen LogP contribution in [0, 0.1) is 16.7 Å². The molecule has 0 atom stereocenters. The van der Waals surface area contributed by atoms with E-state index in [0.717, 1.165) is 0 Å². The average molecular weight is 413 g/mol. The summed E-state index contributed by atoms with van der Waals surface area (Å²) < 4.78 is 15.2. The van der Waals surface area contributed by atoms with Crippen LogP contribution in [0.2, 0.25) is 0 Å². The second kappa shape index (κ2) is 12.9. The number of benzene rings is 1. The summed E-state index contributed by atoms with van der Waals surface area (Å²) in [5.74, 6) is -1.92. The number of hydrogen-bond donors (Lipinski definition) is 0. The summed E-state index contributed by atoms with van der Waals surface area (Å²) in [7, 11) is 1.29. The molecule has 0 heterocycles. The fourth-order valence-electron chi connectivity index (χ4n) is 2.92. The fourth-order valence-corrected chi connectivity index (χ4v) is 2.92. The summed E-state index contributed by atoms with van der Waals surface area (Å²) in [6.07, 6.45) is 4.31.